The lowest BCUT2D eigenvalue weighted by Gasteiger charge is -2.08. The molecule has 0 aromatic heterocycles. The van der Waals surface area contributed by atoms with Gasteiger partial charge in [0.05, 0.1) is 6.10 Å². The number of nitrogens with one attached hydrogen (secondary N) is 1. The zero-order valence-corrected chi connectivity index (χ0v) is 12.1. The molecule has 110 valence electrons. The molecule has 3 nitrogen and oxygen atoms in total. The number of carbonyl (C=O) groups excluding carboxylic acids is 1. The van der Waals surface area contributed by atoms with Crippen LogP contribution in [0.3, 0.4) is 0 Å². The molecule has 1 aromatic carbocycles. The van der Waals surface area contributed by atoms with Crippen molar-refractivity contribution in [1.29, 1.82) is 0 Å². The Hall–Kier alpha value is -1.42. The summed E-state index contributed by atoms with van der Waals surface area (Å²) in [6.45, 7) is 5.31. The van der Waals surface area contributed by atoms with Gasteiger partial charge in [-0.2, -0.15) is 0 Å². The maximum atomic E-state index is 12.8. The normalized spacial score (nSPS) is 21.0. The largest absolute Gasteiger partial charge is 0.379 e. The lowest BCUT2D eigenvalue weighted by atomic mass is 10.1. The Balaban J connectivity index is 1.67. The van der Waals surface area contributed by atoms with Crippen LogP contribution in [0.2, 0.25) is 0 Å². The van der Waals surface area contributed by atoms with Gasteiger partial charge in [-0.15, -0.1) is 0 Å². The van der Waals surface area contributed by atoms with Crippen LogP contribution in [-0.4, -0.2) is 25.2 Å². The molecule has 1 aromatic rings. The number of halogens is 1. The third-order valence-electron chi connectivity index (χ3n) is 3.50. The molecule has 4 heteroatoms. The predicted octanol–water partition coefficient (Wildman–Crippen LogP) is 2.86. The van der Waals surface area contributed by atoms with E-state index < -0.39 is 0 Å². The molecule has 2 unspecified atom stereocenters. The Morgan fingerprint density at radius 1 is 1.40 bits per heavy atom. The van der Waals surface area contributed by atoms with Crippen molar-refractivity contribution in [3.63, 3.8) is 0 Å². The van der Waals surface area contributed by atoms with Gasteiger partial charge in [0.25, 0.3) is 0 Å². The van der Waals surface area contributed by atoms with E-state index in [0.717, 1.165) is 18.4 Å². The first-order chi connectivity index (χ1) is 9.58. The summed E-state index contributed by atoms with van der Waals surface area (Å²) in [4.78, 5) is 11.9. The van der Waals surface area contributed by atoms with Gasteiger partial charge in [-0.3, -0.25) is 4.79 Å². The van der Waals surface area contributed by atoms with E-state index in [2.05, 4.69) is 5.32 Å². The van der Waals surface area contributed by atoms with E-state index in [1.807, 2.05) is 13.8 Å². The average molecular weight is 279 g/mol. The third-order valence-corrected chi connectivity index (χ3v) is 3.50. The highest BCUT2D eigenvalue weighted by molar-refractivity contribution is 5.82. The maximum Gasteiger partial charge on any atom is 0.223 e. The van der Waals surface area contributed by atoms with E-state index in [4.69, 9.17) is 4.74 Å². The van der Waals surface area contributed by atoms with E-state index in [-0.39, 0.29) is 29.7 Å². The first-order valence-electron chi connectivity index (χ1n) is 7.22. The van der Waals surface area contributed by atoms with Crippen LogP contribution < -0.4 is 5.32 Å². The lowest BCUT2D eigenvalue weighted by molar-refractivity contribution is -0.122. The van der Waals surface area contributed by atoms with Crippen LogP contribution in [0.1, 0.15) is 38.2 Å². The van der Waals surface area contributed by atoms with Crippen molar-refractivity contribution in [3.05, 3.63) is 35.6 Å². The number of benzene rings is 1. The Kier molecular flexibility index (Phi) is 5.12. The van der Waals surface area contributed by atoms with Gasteiger partial charge in [0, 0.05) is 19.1 Å². The van der Waals surface area contributed by atoms with Crippen molar-refractivity contribution in [3.8, 4) is 0 Å². The standard InChI is InChI=1S/C16H22FNO2/c1-11(2)20-9-3-8-18-16(19)15-10-14(15)12-4-6-13(17)7-5-12/h4-7,11,14-15H,3,8-10H2,1-2H3,(H,18,19). The van der Waals surface area contributed by atoms with Crippen LogP contribution in [-0.2, 0) is 9.53 Å². The minimum absolute atomic E-state index is 0.0477. The monoisotopic (exact) mass is 279 g/mol. The van der Waals surface area contributed by atoms with Gasteiger partial charge in [-0.05, 0) is 50.3 Å². The van der Waals surface area contributed by atoms with Crippen LogP contribution in [0.25, 0.3) is 0 Å². The number of carbonyl (C=O) groups is 1. The molecule has 0 aliphatic heterocycles. The number of hydrogen-bond acceptors (Lipinski definition) is 2. The topological polar surface area (TPSA) is 38.3 Å². The van der Waals surface area contributed by atoms with Gasteiger partial charge < -0.3 is 10.1 Å². The highest BCUT2D eigenvalue weighted by Crippen LogP contribution is 2.47. The summed E-state index contributed by atoms with van der Waals surface area (Å²) in [5, 5.41) is 2.94. The van der Waals surface area contributed by atoms with Crippen molar-refractivity contribution in [2.75, 3.05) is 13.2 Å². The minimum atomic E-state index is -0.236. The van der Waals surface area contributed by atoms with Gasteiger partial charge in [0.2, 0.25) is 5.91 Å². The second kappa shape index (κ2) is 6.84. The van der Waals surface area contributed by atoms with E-state index >= 15 is 0 Å². The van der Waals surface area contributed by atoms with E-state index in [9.17, 15) is 9.18 Å². The van der Waals surface area contributed by atoms with Crippen molar-refractivity contribution in [1.82, 2.24) is 5.32 Å². The first kappa shape index (κ1) is 15.0. The summed E-state index contributed by atoms with van der Waals surface area (Å²) >= 11 is 0. The summed E-state index contributed by atoms with van der Waals surface area (Å²) in [7, 11) is 0. The molecular formula is C16H22FNO2. The summed E-state index contributed by atoms with van der Waals surface area (Å²) in [6, 6.07) is 6.44. The molecule has 0 radical (unpaired) electrons. The van der Waals surface area contributed by atoms with Crippen LogP contribution in [0, 0.1) is 11.7 Å². The minimum Gasteiger partial charge on any atom is -0.379 e. The SMILES string of the molecule is CC(C)OCCCNC(=O)C1CC1c1ccc(F)cc1. The fraction of sp³-hybridized carbons (Fsp3) is 0.562. The zero-order valence-electron chi connectivity index (χ0n) is 12.1. The molecule has 0 heterocycles. The molecule has 1 saturated carbocycles. The number of ether oxygens (including phenoxy) is 1. The fourth-order valence-electron chi connectivity index (χ4n) is 2.30. The van der Waals surface area contributed by atoms with Gasteiger partial charge in [-0.1, -0.05) is 12.1 Å². The summed E-state index contributed by atoms with van der Waals surface area (Å²) < 4.78 is 18.2. The quantitative estimate of drug-likeness (QED) is 0.779. The van der Waals surface area contributed by atoms with Gasteiger partial charge in [-0.25, -0.2) is 4.39 Å². The van der Waals surface area contributed by atoms with Gasteiger partial charge >= 0.3 is 0 Å². The predicted molar refractivity (Wildman–Crippen MR) is 76.0 cm³/mol. The fourth-order valence-corrected chi connectivity index (χ4v) is 2.30. The van der Waals surface area contributed by atoms with Crippen LogP contribution >= 0.6 is 0 Å². The van der Waals surface area contributed by atoms with E-state index in [0.29, 0.717) is 13.2 Å². The molecule has 1 aliphatic rings. The molecule has 1 amide bonds. The number of amides is 1. The Morgan fingerprint density at radius 3 is 2.75 bits per heavy atom. The molecule has 0 saturated heterocycles. The third kappa shape index (κ3) is 4.30. The smallest absolute Gasteiger partial charge is 0.223 e. The molecule has 1 aliphatic carbocycles. The molecule has 2 atom stereocenters. The number of hydrogen-bond donors (Lipinski definition) is 1. The molecular weight excluding hydrogens is 257 g/mol. The molecule has 20 heavy (non-hydrogen) atoms. The van der Waals surface area contributed by atoms with Crippen molar-refractivity contribution in [2.24, 2.45) is 5.92 Å². The zero-order chi connectivity index (χ0) is 14.5. The van der Waals surface area contributed by atoms with Crippen LogP contribution in [0.5, 0.6) is 0 Å². The maximum absolute atomic E-state index is 12.8. The molecule has 0 spiro atoms. The van der Waals surface area contributed by atoms with Crippen molar-refractivity contribution >= 4 is 5.91 Å². The average Bonchev–Trinajstić information content (AvgIpc) is 3.19. The molecule has 1 fully saturated rings. The molecule has 2 rings (SSSR count). The van der Waals surface area contributed by atoms with E-state index in [1.54, 1.807) is 12.1 Å². The Bertz CT molecular complexity index is 444. The summed E-state index contributed by atoms with van der Waals surface area (Å²) in [5.74, 6) is 0.165. The summed E-state index contributed by atoms with van der Waals surface area (Å²) in [6.07, 6.45) is 1.93. The highest BCUT2D eigenvalue weighted by Gasteiger charge is 2.43. The van der Waals surface area contributed by atoms with Crippen LogP contribution in [0.4, 0.5) is 4.39 Å². The number of rotatable bonds is 7. The summed E-state index contributed by atoms with van der Waals surface area (Å²) in [5.41, 5.74) is 1.05. The second-order valence-corrected chi connectivity index (χ2v) is 5.56. The van der Waals surface area contributed by atoms with Crippen molar-refractivity contribution < 1.29 is 13.9 Å². The second-order valence-electron chi connectivity index (χ2n) is 5.56. The van der Waals surface area contributed by atoms with Gasteiger partial charge in [0.15, 0.2) is 0 Å². The van der Waals surface area contributed by atoms with E-state index in [1.165, 1.54) is 12.1 Å². The lowest BCUT2D eigenvalue weighted by Crippen LogP contribution is -2.27. The van der Waals surface area contributed by atoms with Gasteiger partial charge in [0.1, 0.15) is 5.82 Å². The van der Waals surface area contributed by atoms with Crippen LogP contribution in [0.15, 0.2) is 24.3 Å². The Labute approximate surface area is 119 Å². The highest BCUT2D eigenvalue weighted by atomic mass is 19.1. The molecule has 0 bridgehead atoms. The van der Waals surface area contributed by atoms with Crippen molar-refractivity contribution in [2.45, 2.75) is 38.7 Å². The first-order valence-corrected chi connectivity index (χ1v) is 7.22. The Morgan fingerprint density at radius 2 is 2.10 bits per heavy atom. The molecule has 1 N–H and O–H groups in total.